The standard InChI is InChI=1S/C7H3I2NO.Li.H/c8-5-1-4(3-10)2-6(9)7(5)11;;/h1-2,11H;;/q;+1;-1. The van der Waals surface area contributed by atoms with Crippen LogP contribution in [0.5, 0.6) is 5.75 Å². The molecule has 0 saturated carbocycles. The van der Waals surface area contributed by atoms with Gasteiger partial charge in [0.25, 0.3) is 0 Å². The maximum absolute atomic E-state index is 9.30. The van der Waals surface area contributed by atoms with E-state index in [1.165, 1.54) is 0 Å². The molecular formula is C7H4I2LiNO. The summed E-state index contributed by atoms with van der Waals surface area (Å²) in [6, 6.07) is 5.32. The van der Waals surface area contributed by atoms with Gasteiger partial charge >= 0.3 is 18.9 Å². The summed E-state index contributed by atoms with van der Waals surface area (Å²) in [6.07, 6.45) is 0. The molecule has 0 aliphatic rings. The summed E-state index contributed by atoms with van der Waals surface area (Å²) in [4.78, 5) is 0. The molecule has 0 unspecified atom stereocenters. The monoisotopic (exact) mass is 379 g/mol. The van der Waals surface area contributed by atoms with Gasteiger partial charge in [0.1, 0.15) is 5.75 Å². The number of rotatable bonds is 0. The van der Waals surface area contributed by atoms with Gasteiger partial charge in [-0.1, -0.05) is 0 Å². The number of phenols is 1. The van der Waals surface area contributed by atoms with E-state index >= 15 is 0 Å². The van der Waals surface area contributed by atoms with Crippen LogP contribution in [-0.4, -0.2) is 5.11 Å². The SMILES string of the molecule is N#Cc1cc(I)c(O)c(I)c1.[H-].[Li+]. The molecule has 1 rings (SSSR count). The van der Waals surface area contributed by atoms with Crippen molar-refractivity contribution in [1.82, 2.24) is 0 Å². The molecule has 0 fully saturated rings. The molecule has 0 atom stereocenters. The molecule has 0 heterocycles. The van der Waals surface area contributed by atoms with E-state index in [4.69, 9.17) is 5.26 Å². The van der Waals surface area contributed by atoms with Gasteiger partial charge in [0, 0.05) is 0 Å². The van der Waals surface area contributed by atoms with Gasteiger partial charge in [-0.15, -0.1) is 0 Å². The van der Waals surface area contributed by atoms with Crippen molar-refractivity contribution in [2.75, 3.05) is 0 Å². The van der Waals surface area contributed by atoms with Crippen LogP contribution in [0.2, 0.25) is 0 Å². The number of nitriles is 1. The normalized spacial score (nSPS) is 8.42. The minimum atomic E-state index is 0. The van der Waals surface area contributed by atoms with Crippen molar-refractivity contribution >= 4 is 45.2 Å². The zero-order chi connectivity index (χ0) is 8.43. The van der Waals surface area contributed by atoms with Gasteiger partial charge in [-0.2, -0.15) is 5.26 Å². The number of benzene rings is 1. The Bertz CT molecular complexity index is 317. The van der Waals surface area contributed by atoms with Gasteiger partial charge in [-0.25, -0.2) is 0 Å². The number of phenolic OH excluding ortho intramolecular Hbond substituents is 1. The van der Waals surface area contributed by atoms with Crippen LogP contribution in [-0.2, 0) is 0 Å². The summed E-state index contributed by atoms with van der Waals surface area (Å²) >= 11 is 3.99. The average Bonchev–Trinajstić information content (AvgIpc) is 1.99. The van der Waals surface area contributed by atoms with E-state index in [0.29, 0.717) is 12.7 Å². The van der Waals surface area contributed by atoms with Crippen LogP contribution >= 0.6 is 45.2 Å². The Morgan fingerprint density at radius 1 is 1.33 bits per heavy atom. The van der Waals surface area contributed by atoms with Crippen molar-refractivity contribution in [1.29, 1.82) is 5.26 Å². The first-order valence-electron chi connectivity index (χ1n) is 2.73. The quantitative estimate of drug-likeness (QED) is 0.493. The molecule has 0 radical (unpaired) electrons. The summed E-state index contributed by atoms with van der Waals surface area (Å²) in [5.41, 5.74) is 0.580. The van der Waals surface area contributed by atoms with E-state index in [1.807, 2.05) is 51.3 Å². The van der Waals surface area contributed by atoms with Crippen LogP contribution in [0, 0.1) is 18.5 Å². The van der Waals surface area contributed by atoms with E-state index in [0.717, 1.165) is 0 Å². The largest absolute Gasteiger partial charge is 1.00 e. The molecule has 2 nitrogen and oxygen atoms in total. The first-order valence-corrected chi connectivity index (χ1v) is 4.89. The number of hydrogen-bond acceptors (Lipinski definition) is 2. The van der Waals surface area contributed by atoms with E-state index in [9.17, 15) is 5.11 Å². The van der Waals surface area contributed by atoms with Crippen LogP contribution < -0.4 is 18.9 Å². The van der Waals surface area contributed by atoms with Crippen LogP contribution in [0.4, 0.5) is 0 Å². The van der Waals surface area contributed by atoms with Crippen LogP contribution in [0.3, 0.4) is 0 Å². The molecule has 58 valence electrons. The second kappa shape index (κ2) is 5.33. The molecule has 1 aromatic carbocycles. The fourth-order valence-corrected chi connectivity index (χ4v) is 2.40. The zero-order valence-corrected chi connectivity index (χ0v) is 10.6. The molecule has 1 aromatic rings. The summed E-state index contributed by atoms with van der Waals surface area (Å²) in [5, 5.41) is 17.8. The van der Waals surface area contributed by atoms with Crippen LogP contribution in [0.1, 0.15) is 6.99 Å². The van der Waals surface area contributed by atoms with Gasteiger partial charge < -0.3 is 6.53 Å². The maximum Gasteiger partial charge on any atom is 1.00 e. The molecule has 0 aliphatic heterocycles. The Kier molecular flexibility index (Phi) is 5.58. The van der Waals surface area contributed by atoms with E-state index in [-0.39, 0.29) is 26.0 Å². The smallest absolute Gasteiger partial charge is 1.00 e. The molecule has 0 saturated heterocycles. The Hall–Kier alpha value is 0.567. The minimum absolute atomic E-state index is 0. The van der Waals surface area contributed by atoms with Crippen molar-refractivity contribution in [3.63, 3.8) is 0 Å². The summed E-state index contributed by atoms with van der Waals surface area (Å²) in [6.45, 7) is 0. The second-order valence-electron chi connectivity index (χ2n) is 1.90. The Morgan fingerprint density at radius 3 is 2.08 bits per heavy atom. The molecule has 5 heteroatoms. The summed E-state index contributed by atoms with van der Waals surface area (Å²) in [7, 11) is 0. The van der Waals surface area contributed by atoms with E-state index < -0.39 is 0 Å². The van der Waals surface area contributed by atoms with Crippen LogP contribution in [0.15, 0.2) is 12.1 Å². The molecular weight excluding hydrogens is 375 g/mol. The minimum Gasteiger partial charge on any atom is -1.00 e. The average molecular weight is 379 g/mol. The molecule has 0 spiro atoms. The predicted molar refractivity (Wildman–Crippen MR) is 59.4 cm³/mol. The molecule has 0 bridgehead atoms. The van der Waals surface area contributed by atoms with Gasteiger partial charge in [0.15, 0.2) is 0 Å². The van der Waals surface area contributed by atoms with Crippen molar-refractivity contribution in [2.24, 2.45) is 0 Å². The summed E-state index contributed by atoms with van der Waals surface area (Å²) in [5.74, 6) is 0.255. The Balaban J connectivity index is 0. The third-order valence-corrected chi connectivity index (χ3v) is 2.79. The molecule has 0 amide bonds. The molecule has 0 aromatic heterocycles. The number of halogens is 2. The van der Waals surface area contributed by atoms with Gasteiger partial charge in [-0.3, -0.25) is 0 Å². The maximum atomic E-state index is 9.30. The molecule has 0 aliphatic carbocycles. The van der Waals surface area contributed by atoms with E-state index in [2.05, 4.69) is 0 Å². The van der Waals surface area contributed by atoms with Gasteiger partial charge in [-0.05, 0) is 57.3 Å². The fourth-order valence-electron chi connectivity index (χ4n) is 0.630. The number of hydrogen-bond donors (Lipinski definition) is 1. The fraction of sp³-hybridized carbons (Fsp3) is 0. The molecule has 12 heavy (non-hydrogen) atoms. The van der Waals surface area contributed by atoms with Crippen molar-refractivity contribution in [3.8, 4) is 11.8 Å². The number of nitrogens with zero attached hydrogens (tertiary/aromatic N) is 1. The third-order valence-electron chi connectivity index (χ3n) is 1.15. The van der Waals surface area contributed by atoms with Crippen molar-refractivity contribution < 1.29 is 25.4 Å². The molecule has 1 N–H and O–H groups in total. The van der Waals surface area contributed by atoms with Gasteiger partial charge in [0.2, 0.25) is 0 Å². The predicted octanol–water partition coefficient (Wildman–Crippen LogP) is -0.410. The number of aromatic hydroxyl groups is 1. The topological polar surface area (TPSA) is 44.0 Å². The van der Waals surface area contributed by atoms with Gasteiger partial charge in [0.05, 0.1) is 18.8 Å². The van der Waals surface area contributed by atoms with Crippen LogP contribution in [0.25, 0.3) is 0 Å². The van der Waals surface area contributed by atoms with E-state index in [1.54, 1.807) is 12.1 Å². The zero-order valence-electron chi connectivity index (χ0n) is 7.31. The third kappa shape index (κ3) is 2.81. The van der Waals surface area contributed by atoms with Crippen molar-refractivity contribution in [3.05, 3.63) is 24.8 Å². The van der Waals surface area contributed by atoms with Crippen molar-refractivity contribution in [2.45, 2.75) is 0 Å². The second-order valence-corrected chi connectivity index (χ2v) is 4.22. The first-order chi connectivity index (χ1) is 5.15. The Morgan fingerprint density at radius 2 is 1.75 bits per heavy atom. The Labute approximate surface area is 111 Å². The summed E-state index contributed by atoms with van der Waals surface area (Å²) < 4.78 is 1.43. The first kappa shape index (κ1) is 12.6.